The molecular weight excluding hydrogens is 194 g/mol. The Morgan fingerprint density at radius 2 is 2.13 bits per heavy atom. The molecule has 0 bridgehead atoms. The van der Waals surface area contributed by atoms with Crippen LogP contribution in [0.1, 0.15) is 39.5 Å². The monoisotopic (exact) mass is 217 g/mol. The number of esters is 1. The molecular formula is C11H23NO3. The van der Waals surface area contributed by atoms with Crippen LogP contribution in [0.3, 0.4) is 0 Å². The van der Waals surface area contributed by atoms with Crippen LogP contribution in [-0.4, -0.2) is 36.9 Å². The summed E-state index contributed by atoms with van der Waals surface area (Å²) in [6.45, 7) is 5.13. The van der Waals surface area contributed by atoms with Crippen LogP contribution < -0.4 is 5.32 Å². The van der Waals surface area contributed by atoms with E-state index in [1.54, 1.807) is 0 Å². The Balaban J connectivity index is 3.87. The van der Waals surface area contributed by atoms with Crippen molar-refractivity contribution in [3.8, 4) is 0 Å². The summed E-state index contributed by atoms with van der Waals surface area (Å²) in [5, 5.41) is 11.7. The highest BCUT2D eigenvalue weighted by molar-refractivity contribution is 5.75. The van der Waals surface area contributed by atoms with Gasteiger partial charge in [-0.2, -0.15) is 0 Å². The minimum Gasteiger partial charge on any atom is -0.465 e. The molecule has 0 spiro atoms. The van der Waals surface area contributed by atoms with Gasteiger partial charge >= 0.3 is 5.97 Å². The molecule has 90 valence electrons. The molecule has 15 heavy (non-hydrogen) atoms. The third-order valence-corrected chi connectivity index (χ3v) is 2.14. The van der Waals surface area contributed by atoms with Crippen LogP contribution in [0.15, 0.2) is 0 Å². The second kappa shape index (κ2) is 9.93. The third kappa shape index (κ3) is 7.33. The van der Waals surface area contributed by atoms with E-state index < -0.39 is 0 Å². The molecule has 1 unspecified atom stereocenters. The zero-order valence-electron chi connectivity index (χ0n) is 9.79. The van der Waals surface area contributed by atoms with Crippen LogP contribution in [0.4, 0.5) is 0 Å². The largest absolute Gasteiger partial charge is 0.465 e. The first-order chi connectivity index (χ1) is 7.26. The first-order valence-corrected chi connectivity index (χ1v) is 5.77. The van der Waals surface area contributed by atoms with Crippen LogP contribution in [0, 0.1) is 0 Å². The van der Waals surface area contributed by atoms with Gasteiger partial charge in [0.1, 0.15) is 6.04 Å². The number of nitrogens with one attached hydrogen (secondary N) is 1. The molecule has 0 aromatic rings. The topological polar surface area (TPSA) is 58.6 Å². The molecule has 0 saturated heterocycles. The van der Waals surface area contributed by atoms with E-state index >= 15 is 0 Å². The Bertz CT molecular complexity index is 162. The van der Waals surface area contributed by atoms with Gasteiger partial charge in [0.15, 0.2) is 0 Å². The minimum atomic E-state index is -0.212. The van der Waals surface area contributed by atoms with E-state index in [1.807, 2.05) is 6.92 Å². The van der Waals surface area contributed by atoms with Gasteiger partial charge in [-0.3, -0.25) is 4.79 Å². The molecule has 0 aromatic heterocycles. The number of unbranched alkanes of at least 4 members (excludes halogenated alkanes) is 1. The maximum atomic E-state index is 11.5. The molecule has 0 saturated carbocycles. The number of hydrogen-bond donors (Lipinski definition) is 2. The second-order valence-corrected chi connectivity index (χ2v) is 3.48. The lowest BCUT2D eigenvalue weighted by atomic mass is 10.1. The molecule has 0 aliphatic heterocycles. The Hall–Kier alpha value is -0.610. The van der Waals surface area contributed by atoms with Crippen LogP contribution in [0.25, 0.3) is 0 Å². The quantitative estimate of drug-likeness (QED) is 0.448. The smallest absolute Gasteiger partial charge is 0.323 e. The Kier molecular flexibility index (Phi) is 9.52. The highest BCUT2D eigenvalue weighted by Crippen LogP contribution is 2.02. The molecule has 0 rings (SSSR count). The van der Waals surface area contributed by atoms with E-state index in [2.05, 4.69) is 12.2 Å². The molecule has 4 heteroatoms. The molecule has 1 atom stereocenters. The molecule has 0 aliphatic carbocycles. The van der Waals surface area contributed by atoms with Crippen molar-refractivity contribution in [2.24, 2.45) is 0 Å². The van der Waals surface area contributed by atoms with Crippen LogP contribution in [-0.2, 0) is 9.53 Å². The van der Waals surface area contributed by atoms with Gasteiger partial charge in [0.25, 0.3) is 0 Å². The number of aliphatic hydroxyl groups excluding tert-OH is 1. The number of rotatable bonds is 9. The van der Waals surface area contributed by atoms with E-state index in [-0.39, 0.29) is 18.6 Å². The molecule has 0 aliphatic rings. The van der Waals surface area contributed by atoms with Gasteiger partial charge < -0.3 is 15.2 Å². The Labute approximate surface area is 92.0 Å². The summed E-state index contributed by atoms with van der Waals surface area (Å²) in [6, 6.07) is -0.212. The standard InChI is InChI=1S/C11H23NO3/c1-3-5-7-10(11(14)15-4-2)12-8-6-9-13/h10,12-13H,3-9H2,1-2H3. The van der Waals surface area contributed by atoms with Gasteiger partial charge in [0.05, 0.1) is 6.61 Å². The van der Waals surface area contributed by atoms with Crippen molar-refractivity contribution in [1.82, 2.24) is 5.32 Å². The predicted molar refractivity (Wildman–Crippen MR) is 59.7 cm³/mol. The molecule has 0 aromatic carbocycles. The number of carbonyl (C=O) groups is 1. The summed E-state index contributed by atoms with van der Waals surface area (Å²) >= 11 is 0. The van der Waals surface area contributed by atoms with Crippen molar-refractivity contribution in [3.05, 3.63) is 0 Å². The van der Waals surface area contributed by atoms with E-state index in [0.29, 0.717) is 19.6 Å². The van der Waals surface area contributed by atoms with Crippen molar-refractivity contribution in [1.29, 1.82) is 0 Å². The maximum Gasteiger partial charge on any atom is 0.323 e. The van der Waals surface area contributed by atoms with Crippen molar-refractivity contribution < 1.29 is 14.6 Å². The molecule has 0 radical (unpaired) electrons. The lowest BCUT2D eigenvalue weighted by Crippen LogP contribution is -2.38. The van der Waals surface area contributed by atoms with E-state index in [9.17, 15) is 4.79 Å². The van der Waals surface area contributed by atoms with Gasteiger partial charge in [-0.15, -0.1) is 0 Å². The summed E-state index contributed by atoms with van der Waals surface area (Å²) in [7, 11) is 0. The molecule has 0 amide bonds. The normalized spacial score (nSPS) is 12.5. The van der Waals surface area contributed by atoms with Crippen molar-refractivity contribution in [2.45, 2.75) is 45.6 Å². The number of hydrogen-bond acceptors (Lipinski definition) is 4. The third-order valence-electron chi connectivity index (χ3n) is 2.14. The van der Waals surface area contributed by atoms with Crippen molar-refractivity contribution in [3.63, 3.8) is 0 Å². The molecule has 2 N–H and O–H groups in total. The number of aliphatic hydroxyl groups is 1. The summed E-state index contributed by atoms with van der Waals surface area (Å²) in [6.07, 6.45) is 3.55. The average Bonchev–Trinajstić information content (AvgIpc) is 2.23. The van der Waals surface area contributed by atoms with Crippen LogP contribution in [0.5, 0.6) is 0 Å². The van der Waals surface area contributed by atoms with Crippen molar-refractivity contribution >= 4 is 5.97 Å². The summed E-state index contributed by atoms with van der Waals surface area (Å²) < 4.78 is 4.97. The Morgan fingerprint density at radius 3 is 2.67 bits per heavy atom. The van der Waals surface area contributed by atoms with Gasteiger partial charge in [-0.1, -0.05) is 19.8 Å². The van der Waals surface area contributed by atoms with E-state index in [1.165, 1.54) is 0 Å². The van der Waals surface area contributed by atoms with Gasteiger partial charge in [0.2, 0.25) is 0 Å². The fraction of sp³-hybridized carbons (Fsp3) is 0.909. The highest BCUT2D eigenvalue weighted by Gasteiger charge is 2.17. The second-order valence-electron chi connectivity index (χ2n) is 3.48. The molecule has 4 nitrogen and oxygen atoms in total. The predicted octanol–water partition coefficient (Wildman–Crippen LogP) is 1.08. The zero-order valence-corrected chi connectivity index (χ0v) is 9.79. The SMILES string of the molecule is CCCCC(NCCCO)C(=O)OCC. The molecule has 0 heterocycles. The summed E-state index contributed by atoms with van der Waals surface area (Å²) in [4.78, 5) is 11.5. The number of ether oxygens (including phenoxy) is 1. The summed E-state index contributed by atoms with van der Waals surface area (Å²) in [5.41, 5.74) is 0. The minimum absolute atomic E-state index is 0.149. The van der Waals surface area contributed by atoms with E-state index in [4.69, 9.17) is 9.84 Å². The van der Waals surface area contributed by atoms with Gasteiger partial charge in [0, 0.05) is 6.61 Å². The fourth-order valence-electron chi connectivity index (χ4n) is 1.31. The zero-order chi connectivity index (χ0) is 11.5. The maximum absolute atomic E-state index is 11.5. The highest BCUT2D eigenvalue weighted by atomic mass is 16.5. The molecule has 0 fully saturated rings. The average molecular weight is 217 g/mol. The first-order valence-electron chi connectivity index (χ1n) is 5.77. The Morgan fingerprint density at radius 1 is 1.40 bits per heavy atom. The van der Waals surface area contributed by atoms with Gasteiger partial charge in [-0.05, 0) is 26.3 Å². The number of carbonyl (C=O) groups excluding carboxylic acids is 1. The van der Waals surface area contributed by atoms with Crippen LogP contribution >= 0.6 is 0 Å². The lowest BCUT2D eigenvalue weighted by molar-refractivity contribution is -0.145. The first kappa shape index (κ1) is 14.4. The van der Waals surface area contributed by atoms with Gasteiger partial charge in [-0.25, -0.2) is 0 Å². The van der Waals surface area contributed by atoms with E-state index in [0.717, 1.165) is 19.3 Å². The fourth-order valence-corrected chi connectivity index (χ4v) is 1.31. The van der Waals surface area contributed by atoms with Crippen molar-refractivity contribution in [2.75, 3.05) is 19.8 Å². The summed E-state index contributed by atoms with van der Waals surface area (Å²) in [5.74, 6) is -0.177. The lowest BCUT2D eigenvalue weighted by Gasteiger charge is -2.16. The van der Waals surface area contributed by atoms with Crippen LogP contribution in [0.2, 0.25) is 0 Å².